The van der Waals surface area contributed by atoms with Crippen LogP contribution in [-0.4, -0.2) is 12.2 Å². The maximum Gasteiger partial charge on any atom is 0.335 e. The Kier molecular flexibility index (Phi) is 3.82. The van der Waals surface area contributed by atoms with Crippen molar-refractivity contribution >= 4 is 5.97 Å². The van der Waals surface area contributed by atoms with Crippen molar-refractivity contribution in [3.63, 3.8) is 0 Å². The van der Waals surface area contributed by atoms with Crippen LogP contribution in [0.4, 0.5) is 0 Å². The lowest BCUT2D eigenvalue weighted by molar-refractivity contribution is -0.143. The zero-order valence-corrected chi connectivity index (χ0v) is 7.47. The predicted molar refractivity (Wildman–Crippen MR) is 43.8 cm³/mol. The van der Waals surface area contributed by atoms with E-state index < -0.39 is 6.23 Å². The van der Waals surface area contributed by atoms with Gasteiger partial charge in [0.05, 0.1) is 0 Å². The first kappa shape index (κ1) is 10.2. The molecule has 2 N–H and O–H groups in total. The summed E-state index contributed by atoms with van der Waals surface area (Å²) in [5, 5.41) is 0. The van der Waals surface area contributed by atoms with Crippen molar-refractivity contribution in [2.75, 3.05) is 0 Å². The van der Waals surface area contributed by atoms with Gasteiger partial charge in [-0.05, 0) is 27.7 Å². The van der Waals surface area contributed by atoms with Crippen molar-refractivity contribution < 1.29 is 9.53 Å². The van der Waals surface area contributed by atoms with Crippen molar-refractivity contribution in [3.05, 3.63) is 11.1 Å². The number of ether oxygens (including phenoxy) is 1. The zero-order chi connectivity index (χ0) is 9.02. The molecule has 64 valence electrons. The van der Waals surface area contributed by atoms with Crippen LogP contribution in [-0.2, 0) is 9.53 Å². The zero-order valence-electron chi connectivity index (χ0n) is 7.47. The fourth-order valence-corrected chi connectivity index (χ4v) is 0.461. The molecule has 0 aliphatic rings. The van der Waals surface area contributed by atoms with Gasteiger partial charge in [0.1, 0.15) is 6.23 Å². The van der Waals surface area contributed by atoms with Crippen molar-refractivity contribution in [2.45, 2.75) is 33.9 Å². The Bertz CT molecular complexity index is 179. The summed E-state index contributed by atoms with van der Waals surface area (Å²) in [6, 6.07) is 0. The Morgan fingerprint density at radius 3 is 2.09 bits per heavy atom. The van der Waals surface area contributed by atoms with Gasteiger partial charge in [-0.3, -0.25) is 5.73 Å². The Morgan fingerprint density at radius 1 is 1.36 bits per heavy atom. The van der Waals surface area contributed by atoms with Gasteiger partial charge >= 0.3 is 5.97 Å². The number of esters is 1. The van der Waals surface area contributed by atoms with Gasteiger partial charge in [0, 0.05) is 5.57 Å². The number of nitrogens with two attached hydrogens (primary N) is 1. The molecule has 1 atom stereocenters. The largest absolute Gasteiger partial charge is 0.444 e. The van der Waals surface area contributed by atoms with Crippen LogP contribution in [0.5, 0.6) is 0 Å². The summed E-state index contributed by atoms with van der Waals surface area (Å²) in [4.78, 5) is 11.0. The van der Waals surface area contributed by atoms with Crippen LogP contribution >= 0.6 is 0 Å². The molecule has 0 rings (SSSR count). The number of carbonyl (C=O) groups excluding carboxylic acids is 1. The van der Waals surface area contributed by atoms with E-state index in [0.717, 1.165) is 5.57 Å². The van der Waals surface area contributed by atoms with E-state index in [1.165, 1.54) is 0 Å². The molecule has 0 aromatic heterocycles. The normalized spacial score (nSPS) is 12.1. The summed E-state index contributed by atoms with van der Waals surface area (Å²) in [5.74, 6) is -0.333. The van der Waals surface area contributed by atoms with Crippen LogP contribution in [0.15, 0.2) is 11.1 Å². The molecule has 0 saturated carbocycles. The molecule has 3 heteroatoms. The smallest absolute Gasteiger partial charge is 0.335 e. The number of carbonyl (C=O) groups is 1. The van der Waals surface area contributed by atoms with E-state index in [-0.39, 0.29) is 5.97 Å². The molecule has 0 radical (unpaired) electrons. The minimum absolute atomic E-state index is 0.333. The van der Waals surface area contributed by atoms with Gasteiger partial charge in [-0.15, -0.1) is 0 Å². The highest BCUT2D eigenvalue weighted by molar-refractivity contribution is 5.88. The average Bonchev–Trinajstić information content (AvgIpc) is 1.84. The maximum absolute atomic E-state index is 11.0. The molecule has 0 aliphatic carbocycles. The maximum atomic E-state index is 11.0. The third-order valence-electron chi connectivity index (χ3n) is 1.35. The summed E-state index contributed by atoms with van der Waals surface area (Å²) in [5.41, 5.74) is 6.85. The molecule has 3 nitrogen and oxygen atoms in total. The molecular formula is C8H15NO2. The highest BCUT2D eigenvalue weighted by Crippen LogP contribution is 2.04. The molecule has 0 aromatic carbocycles. The molecule has 1 unspecified atom stereocenters. The lowest BCUT2D eigenvalue weighted by atomic mass is 10.2. The molecule has 0 fully saturated rings. The van der Waals surface area contributed by atoms with Crippen molar-refractivity contribution in [2.24, 2.45) is 5.73 Å². The van der Waals surface area contributed by atoms with Crippen molar-refractivity contribution in [1.29, 1.82) is 0 Å². The molecule has 0 bridgehead atoms. The van der Waals surface area contributed by atoms with E-state index in [1.807, 2.05) is 13.8 Å². The summed E-state index contributed by atoms with van der Waals surface area (Å²) in [6.07, 6.45) is -0.531. The van der Waals surface area contributed by atoms with Crippen LogP contribution in [0.3, 0.4) is 0 Å². The lowest BCUT2D eigenvalue weighted by Gasteiger charge is -2.08. The average molecular weight is 157 g/mol. The van der Waals surface area contributed by atoms with Crippen LogP contribution < -0.4 is 5.73 Å². The van der Waals surface area contributed by atoms with Gasteiger partial charge in [0.2, 0.25) is 0 Å². The van der Waals surface area contributed by atoms with Gasteiger partial charge in [0.15, 0.2) is 0 Å². The second kappa shape index (κ2) is 4.13. The molecule has 0 amide bonds. The van der Waals surface area contributed by atoms with Crippen molar-refractivity contribution in [3.8, 4) is 0 Å². The SMILES string of the molecule is CC(C)=C(C)C(=O)OC(C)N. The first-order chi connectivity index (χ1) is 4.95. The van der Waals surface area contributed by atoms with E-state index in [2.05, 4.69) is 0 Å². The Labute approximate surface area is 67.2 Å². The van der Waals surface area contributed by atoms with Gasteiger partial charge in [-0.2, -0.15) is 0 Å². The monoisotopic (exact) mass is 157 g/mol. The first-order valence-corrected chi connectivity index (χ1v) is 3.55. The third-order valence-corrected chi connectivity index (χ3v) is 1.35. The molecule has 11 heavy (non-hydrogen) atoms. The van der Waals surface area contributed by atoms with E-state index in [1.54, 1.807) is 13.8 Å². The quantitative estimate of drug-likeness (QED) is 0.372. The van der Waals surface area contributed by atoms with Crippen molar-refractivity contribution in [1.82, 2.24) is 0 Å². The standard InChI is InChI=1S/C8H15NO2/c1-5(2)6(3)8(10)11-7(4)9/h7H,9H2,1-4H3. The fraction of sp³-hybridized carbons (Fsp3) is 0.625. The van der Waals surface area contributed by atoms with Gasteiger partial charge in [-0.1, -0.05) is 5.57 Å². The Balaban J connectivity index is 4.17. The fourth-order valence-electron chi connectivity index (χ4n) is 0.461. The van der Waals surface area contributed by atoms with Crippen LogP contribution in [0.1, 0.15) is 27.7 Å². The van der Waals surface area contributed by atoms with Gasteiger partial charge in [0.25, 0.3) is 0 Å². The predicted octanol–water partition coefficient (Wildman–Crippen LogP) is 1.19. The molecular weight excluding hydrogens is 142 g/mol. The number of hydrogen-bond acceptors (Lipinski definition) is 3. The summed E-state index contributed by atoms with van der Waals surface area (Å²) < 4.78 is 4.75. The molecule has 0 saturated heterocycles. The summed E-state index contributed by atoms with van der Waals surface area (Å²) in [6.45, 7) is 7.06. The molecule has 0 aromatic rings. The molecule has 0 heterocycles. The second-order valence-electron chi connectivity index (χ2n) is 2.74. The Hall–Kier alpha value is -0.830. The molecule has 0 aliphatic heterocycles. The number of hydrogen-bond donors (Lipinski definition) is 1. The van der Waals surface area contributed by atoms with Crippen LogP contribution in [0, 0.1) is 0 Å². The van der Waals surface area contributed by atoms with Crippen LogP contribution in [0.25, 0.3) is 0 Å². The highest BCUT2D eigenvalue weighted by Gasteiger charge is 2.08. The summed E-state index contributed by atoms with van der Waals surface area (Å²) in [7, 11) is 0. The van der Waals surface area contributed by atoms with E-state index in [0.29, 0.717) is 5.57 Å². The topological polar surface area (TPSA) is 52.3 Å². The minimum atomic E-state index is -0.531. The lowest BCUT2D eigenvalue weighted by Crippen LogP contribution is -2.23. The highest BCUT2D eigenvalue weighted by atomic mass is 16.6. The van der Waals surface area contributed by atoms with Crippen LogP contribution in [0.2, 0.25) is 0 Å². The van der Waals surface area contributed by atoms with E-state index in [9.17, 15) is 4.79 Å². The Morgan fingerprint density at radius 2 is 1.82 bits per heavy atom. The van der Waals surface area contributed by atoms with Gasteiger partial charge in [-0.25, -0.2) is 4.79 Å². The van der Waals surface area contributed by atoms with E-state index in [4.69, 9.17) is 10.5 Å². The first-order valence-electron chi connectivity index (χ1n) is 3.55. The molecule has 0 spiro atoms. The van der Waals surface area contributed by atoms with Gasteiger partial charge < -0.3 is 4.74 Å². The number of allylic oxidation sites excluding steroid dienone is 1. The second-order valence-corrected chi connectivity index (χ2v) is 2.74. The third kappa shape index (κ3) is 3.78. The summed E-state index contributed by atoms with van der Waals surface area (Å²) >= 11 is 0. The van der Waals surface area contributed by atoms with E-state index >= 15 is 0 Å². The number of rotatable bonds is 2. The minimum Gasteiger partial charge on any atom is -0.444 e.